The van der Waals surface area contributed by atoms with Crippen molar-refractivity contribution in [2.75, 3.05) is 27.3 Å². The Kier molecular flexibility index (Phi) is 3.11. The van der Waals surface area contributed by atoms with Crippen molar-refractivity contribution >= 4 is 0 Å². The molecule has 0 bridgehead atoms. The van der Waals surface area contributed by atoms with Crippen LogP contribution in [0.4, 0.5) is 0 Å². The van der Waals surface area contributed by atoms with Gasteiger partial charge < -0.3 is 14.8 Å². The number of hydrogen-bond acceptors (Lipinski definition) is 3. The molecule has 0 unspecified atom stereocenters. The van der Waals surface area contributed by atoms with Crippen molar-refractivity contribution in [3.05, 3.63) is 23.8 Å². The molecule has 1 heterocycles. The van der Waals surface area contributed by atoms with Crippen LogP contribution in [0.2, 0.25) is 0 Å². The van der Waals surface area contributed by atoms with E-state index in [1.54, 1.807) is 14.2 Å². The summed E-state index contributed by atoms with van der Waals surface area (Å²) in [5.74, 6) is 2.51. The third-order valence-corrected chi connectivity index (χ3v) is 2.80. The molecule has 1 aromatic carbocycles. The van der Waals surface area contributed by atoms with Crippen molar-refractivity contribution in [1.29, 1.82) is 0 Å². The van der Waals surface area contributed by atoms with E-state index in [2.05, 4.69) is 17.4 Å². The van der Waals surface area contributed by atoms with Crippen LogP contribution < -0.4 is 14.8 Å². The molecule has 15 heavy (non-hydrogen) atoms. The van der Waals surface area contributed by atoms with E-state index in [0.717, 1.165) is 36.9 Å². The molecule has 0 aliphatic carbocycles. The van der Waals surface area contributed by atoms with Gasteiger partial charge in [-0.1, -0.05) is 0 Å². The molecule has 1 aromatic rings. The van der Waals surface area contributed by atoms with Gasteiger partial charge in [0.1, 0.15) is 11.5 Å². The summed E-state index contributed by atoms with van der Waals surface area (Å²) >= 11 is 0. The van der Waals surface area contributed by atoms with Crippen molar-refractivity contribution in [2.45, 2.75) is 6.42 Å². The van der Waals surface area contributed by atoms with Crippen LogP contribution in [0.3, 0.4) is 0 Å². The van der Waals surface area contributed by atoms with Crippen molar-refractivity contribution in [2.24, 2.45) is 5.92 Å². The van der Waals surface area contributed by atoms with Gasteiger partial charge >= 0.3 is 0 Å². The molecule has 0 radical (unpaired) electrons. The highest BCUT2D eigenvalue weighted by Crippen LogP contribution is 2.24. The van der Waals surface area contributed by atoms with Crippen LogP contribution in [0.1, 0.15) is 5.56 Å². The SMILES string of the molecule is COc1cc(CC2CNC2)cc(OC)c1. The maximum absolute atomic E-state index is 5.23. The van der Waals surface area contributed by atoms with Crippen molar-refractivity contribution in [3.8, 4) is 11.5 Å². The molecular formula is C12H17NO2. The van der Waals surface area contributed by atoms with Gasteiger partial charge in [0.2, 0.25) is 0 Å². The van der Waals surface area contributed by atoms with E-state index in [4.69, 9.17) is 9.47 Å². The maximum atomic E-state index is 5.23. The van der Waals surface area contributed by atoms with Gasteiger partial charge in [0.25, 0.3) is 0 Å². The van der Waals surface area contributed by atoms with E-state index in [1.807, 2.05) is 6.07 Å². The summed E-state index contributed by atoms with van der Waals surface area (Å²) in [7, 11) is 3.37. The quantitative estimate of drug-likeness (QED) is 0.811. The lowest BCUT2D eigenvalue weighted by Crippen LogP contribution is -2.43. The summed E-state index contributed by atoms with van der Waals surface area (Å²) in [5, 5.41) is 3.28. The molecule has 0 saturated carbocycles. The van der Waals surface area contributed by atoms with E-state index >= 15 is 0 Å². The monoisotopic (exact) mass is 207 g/mol. The molecule has 82 valence electrons. The molecule has 0 aromatic heterocycles. The lowest BCUT2D eigenvalue weighted by molar-refractivity contribution is 0.344. The number of nitrogens with one attached hydrogen (secondary N) is 1. The fourth-order valence-electron chi connectivity index (χ4n) is 1.81. The Balaban J connectivity index is 2.13. The number of hydrogen-bond donors (Lipinski definition) is 1. The predicted octanol–water partition coefficient (Wildman–Crippen LogP) is 1.47. The summed E-state index contributed by atoms with van der Waals surface area (Å²) in [5.41, 5.74) is 1.29. The Morgan fingerprint density at radius 2 is 1.73 bits per heavy atom. The van der Waals surface area contributed by atoms with E-state index in [9.17, 15) is 0 Å². The van der Waals surface area contributed by atoms with E-state index in [-0.39, 0.29) is 0 Å². The molecule has 1 fully saturated rings. The molecule has 0 atom stereocenters. The second kappa shape index (κ2) is 4.53. The number of methoxy groups -OCH3 is 2. The normalized spacial score (nSPS) is 15.9. The molecule has 2 rings (SSSR count). The van der Waals surface area contributed by atoms with Crippen molar-refractivity contribution in [1.82, 2.24) is 5.32 Å². The van der Waals surface area contributed by atoms with Crippen LogP contribution in [-0.4, -0.2) is 27.3 Å². The van der Waals surface area contributed by atoms with E-state index < -0.39 is 0 Å². The van der Waals surface area contributed by atoms with Crippen LogP contribution >= 0.6 is 0 Å². The summed E-state index contributed by atoms with van der Waals surface area (Å²) < 4.78 is 10.5. The highest BCUT2D eigenvalue weighted by molar-refractivity contribution is 5.38. The predicted molar refractivity (Wildman–Crippen MR) is 59.6 cm³/mol. The third-order valence-electron chi connectivity index (χ3n) is 2.80. The fourth-order valence-corrected chi connectivity index (χ4v) is 1.81. The zero-order valence-electron chi connectivity index (χ0n) is 9.25. The lowest BCUT2D eigenvalue weighted by Gasteiger charge is -2.27. The molecule has 3 heteroatoms. The van der Waals surface area contributed by atoms with Gasteiger partial charge in [-0.3, -0.25) is 0 Å². The largest absolute Gasteiger partial charge is 0.497 e. The van der Waals surface area contributed by atoms with E-state index in [0.29, 0.717) is 0 Å². The number of benzene rings is 1. The fraction of sp³-hybridized carbons (Fsp3) is 0.500. The van der Waals surface area contributed by atoms with Crippen LogP contribution in [0, 0.1) is 5.92 Å². The van der Waals surface area contributed by atoms with Gasteiger partial charge in [0.15, 0.2) is 0 Å². The van der Waals surface area contributed by atoms with Gasteiger partial charge in [-0.15, -0.1) is 0 Å². The van der Waals surface area contributed by atoms with Gasteiger partial charge in [0, 0.05) is 6.07 Å². The molecule has 1 aliphatic rings. The number of rotatable bonds is 4. The Morgan fingerprint density at radius 3 is 2.13 bits per heavy atom. The van der Waals surface area contributed by atoms with Gasteiger partial charge in [-0.25, -0.2) is 0 Å². The zero-order valence-corrected chi connectivity index (χ0v) is 9.25. The Labute approximate surface area is 90.4 Å². The first-order valence-electron chi connectivity index (χ1n) is 5.24. The summed E-state index contributed by atoms with van der Waals surface area (Å²) in [6, 6.07) is 6.07. The highest BCUT2D eigenvalue weighted by atomic mass is 16.5. The lowest BCUT2D eigenvalue weighted by atomic mass is 9.94. The maximum Gasteiger partial charge on any atom is 0.122 e. The van der Waals surface area contributed by atoms with Crippen molar-refractivity contribution < 1.29 is 9.47 Å². The second-order valence-corrected chi connectivity index (χ2v) is 3.95. The Bertz CT molecular complexity index is 312. The average molecular weight is 207 g/mol. The molecule has 0 amide bonds. The van der Waals surface area contributed by atoms with Gasteiger partial charge in [-0.05, 0) is 43.1 Å². The van der Waals surface area contributed by atoms with Crippen molar-refractivity contribution in [3.63, 3.8) is 0 Å². The number of ether oxygens (including phenoxy) is 2. The van der Waals surface area contributed by atoms with Gasteiger partial charge in [-0.2, -0.15) is 0 Å². The summed E-state index contributed by atoms with van der Waals surface area (Å²) in [6.07, 6.45) is 1.10. The van der Waals surface area contributed by atoms with Crippen LogP contribution in [0.5, 0.6) is 11.5 Å². The molecule has 1 saturated heterocycles. The first-order chi connectivity index (χ1) is 7.31. The highest BCUT2D eigenvalue weighted by Gasteiger charge is 2.17. The van der Waals surface area contributed by atoms with E-state index in [1.165, 1.54) is 5.56 Å². The second-order valence-electron chi connectivity index (χ2n) is 3.95. The minimum atomic E-state index is 0.766. The average Bonchev–Trinajstić information content (AvgIpc) is 2.23. The molecule has 0 spiro atoms. The summed E-state index contributed by atoms with van der Waals surface area (Å²) in [6.45, 7) is 2.25. The minimum absolute atomic E-state index is 0.766. The molecule has 1 aliphatic heterocycles. The Morgan fingerprint density at radius 1 is 1.13 bits per heavy atom. The smallest absolute Gasteiger partial charge is 0.122 e. The van der Waals surface area contributed by atoms with Gasteiger partial charge in [0.05, 0.1) is 14.2 Å². The van der Waals surface area contributed by atoms with Crippen LogP contribution in [0.15, 0.2) is 18.2 Å². The third kappa shape index (κ3) is 2.42. The zero-order chi connectivity index (χ0) is 10.7. The van der Waals surface area contributed by atoms with Crippen LogP contribution in [0.25, 0.3) is 0 Å². The molecular weight excluding hydrogens is 190 g/mol. The first kappa shape index (κ1) is 10.3. The summed E-state index contributed by atoms with van der Waals surface area (Å²) in [4.78, 5) is 0. The van der Waals surface area contributed by atoms with Crippen LogP contribution in [-0.2, 0) is 6.42 Å². The standard InChI is InChI=1S/C12H17NO2/c1-14-11-4-9(3-10-7-13-8-10)5-12(6-11)15-2/h4-6,10,13H,3,7-8H2,1-2H3. The topological polar surface area (TPSA) is 30.5 Å². The Hall–Kier alpha value is -1.22. The minimum Gasteiger partial charge on any atom is -0.497 e. The molecule has 1 N–H and O–H groups in total. The molecule has 3 nitrogen and oxygen atoms in total. The first-order valence-corrected chi connectivity index (χ1v) is 5.24.